The zero-order valence-electron chi connectivity index (χ0n) is 17.1. The summed E-state index contributed by atoms with van der Waals surface area (Å²) in [6, 6.07) is 19.9. The van der Waals surface area contributed by atoms with Crippen LogP contribution < -0.4 is 10.6 Å². The Kier molecular flexibility index (Phi) is 5.94. The number of rotatable bonds is 5. The van der Waals surface area contributed by atoms with Crippen LogP contribution in [0.4, 0.5) is 4.79 Å². The number of imide groups is 1. The van der Waals surface area contributed by atoms with Crippen LogP contribution in [0.5, 0.6) is 0 Å². The normalized spacial score (nSPS) is 11.5. The number of benzene rings is 2. The summed E-state index contributed by atoms with van der Waals surface area (Å²) in [5.41, 5.74) is 1.66. The van der Waals surface area contributed by atoms with E-state index in [1.807, 2.05) is 0 Å². The van der Waals surface area contributed by atoms with Crippen molar-refractivity contribution in [3.8, 4) is 11.5 Å². The van der Waals surface area contributed by atoms with Crippen LogP contribution in [0.2, 0.25) is 0 Å². The molecule has 2 aromatic carbocycles. The highest BCUT2D eigenvalue weighted by atomic mass is 16.5. The van der Waals surface area contributed by atoms with Gasteiger partial charge in [0.05, 0.1) is 17.3 Å². The number of furan rings is 1. The number of hydrogen-bond donors (Lipinski definition) is 2. The van der Waals surface area contributed by atoms with Gasteiger partial charge in [-0.3, -0.25) is 10.1 Å². The van der Waals surface area contributed by atoms with Gasteiger partial charge >= 0.3 is 12.0 Å². The SMILES string of the molecule is CNC(=O)NC(=O)C(OC(=O)c1cc(-c2ccco2)nc2ccccc12)c1ccccc1. The summed E-state index contributed by atoms with van der Waals surface area (Å²) in [5, 5.41) is 5.03. The maximum atomic E-state index is 13.3. The maximum absolute atomic E-state index is 13.3. The summed E-state index contributed by atoms with van der Waals surface area (Å²) in [6.45, 7) is 0. The Labute approximate surface area is 183 Å². The Morgan fingerprint density at radius 1 is 0.969 bits per heavy atom. The van der Waals surface area contributed by atoms with E-state index >= 15 is 0 Å². The van der Waals surface area contributed by atoms with E-state index in [0.717, 1.165) is 0 Å². The van der Waals surface area contributed by atoms with Gasteiger partial charge in [0, 0.05) is 18.0 Å². The van der Waals surface area contributed by atoms with Gasteiger partial charge in [-0.05, 0) is 24.3 Å². The summed E-state index contributed by atoms with van der Waals surface area (Å²) < 4.78 is 11.0. The molecule has 0 bridgehead atoms. The number of aromatic nitrogens is 1. The number of nitrogens with one attached hydrogen (secondary N) is 2. The lowest BCUT2D eigenvalue weighted by atomic mass is 10.1. The van der Waals surface area contributed by atoms with Gasteiger partial charge in [0.2, 0.25) is 6.10 Å². The third-order valence-corrected chi connectivity index (χ3v) is 4.74. The van der Waals surface area contributed by atoms with Crippen molar-refractivity contribution in [3.63, 3.8) is 0 Å². The fraction of sp³-hybridized carbons (Fsp3) is 0.0833. The molecule has 8 heteroatoms. The molecular weight excluding hydrogens is 410 g/mol. The van der Waals surface area contributed by atoms with Crippen LogP contribution in [0.15, 0.2) is 83.5 Å². The topological polar surface area (TPSA) is 111 Å². The third-order valence-electron chi connectivity index (χ3n) is 4.74. The molecule has 0 fully saturated rings. The van der Waals surface area contributed by atoms with Crippen LogP contribution in [-0.2, 0) is 9.53 Å². The molecule has 4 aromatic rings. The monoisotopic (exact) mass is 429 g/mol. The smallest absolute Gasteiger partial charge is 0.340 e. The Bertz CT molecular complexity index is 1270. The number of nitrogens with zero attached hydrogens (tertiary/aromatic N) is 1. The second kappa shape index (κ2) is 9.13. The Morgan fingerprint density at radius 3 is 2.44 bits per heavy atom. The van der Waals surface area contributed by atoms with Crippen molar-refractivity contribution >= 4 is 28.8 Å². The average Bonchev–Trinajstić information content (AvgIpc) is 3.37. The van der Waals surface area contributed by atoms with E-state index in [-0.39, 0.29) is 5.56 Å². The molecular formula is C24H19N3O5. The van der Waals surface area contributed by atoms with Crippen LogP contribution in [0, 0.1) is 0 Å². The fourth-order valence-electron chi connectivity index (χ4n) is 3.21. The number of hydrogen-bond acceptors (Lipinski definition) is 6. The van der Waals surface area contributed by atoms with E-state index < -0.39 is 24.0 Å². The first-order chi connectivity index (χ1) is 15.6. The van der Waals surface area contributed by atoms with Crippen molar-refractivity contribution in [2.75, 3.05) is 7.05 Å². The molecule has 8 nitrogen and oxygen atoms in total. The highest BCUT2D eigenvalue weighted by Crippen LogP contribution is 2.27. The zero-order valence-corrected chi connectivity index (χ0v) is 17.1. The highest BCUT2D eigenvalue weighted by Gasteiger charge is 2.28. The molecule has 160 valence electrons. The van der Waals surface area contributed by atoms with Crippen molar-refractivity contribution in [2.24, 2.45) is 0 Å². The van der Waals surface area contributed by atoms with Gasteiger partial charge in [-0.1, -0.05) is 48.5 Å². The van der Waals surface area contributed by atoms with Crippen molar-refractivity contribution in [2.45, 2.75) is 6.10 Å². The van der Waals surface area contributed by atoms with Crippen molar-refractivity contribution in [1.82, 2.24) is 15.6 Å². The summed E-state index contributed by atoms with van der Waals surface area (Å²) in [4.78, 5) is 42.2. The maximum Gasteiger partial charge on any atom is 0.340 e. The van der Waals surface area contributed by atoms with Crippen LogP contribution in [0.1, 0.15) is 22.0 Å². The molecule has 3 amide bonds. The Morgan fingerprint density at radius 2 is 1.72 bits per heavy atom. The summed E-state index contributed by atoms with van der Waals surface area (Å²) in [6.07, 6.45) is 0.179. The molecule has 0 aliphatic carbocycles. The first-order valence-corrected chi connectivity index (χ1v) is 9.79. The average molecular weight is 429 g/mol. The zero-order chi connectivity index (χ0) is 22.5. The van der Waals surface area contributed by atoms with Gasteiger partial charge in [-0.2, -0.15) is 0 Å². The Hall–Kier alpha value is -4.46. The highest BCUT2D eigenvalue weighted by molar-refractivity contribution is 6.06. The lowest BCUT2D eigenvalue weighted by molar-refractivity contribution is -0.129. The van der Waals surface area contributed by atoms with Gasteiger partial charge < -0.3 is 14.5 Å². The molecule has 0 radical (unpaired) electrons. The van der Waals surface area contributed by atoms with E-state index in [4.69, 9.17) is 9.15 Å². The first kappa shape index (κ1) is 20.8. The molecule has 0 aliphatic heterocycles. The minimum absolute atomic E-state index is 0.218. The number of ether oxygens (including phenoxy) is 1. The third kappa shape index (κ3) is 4.34. The fourth-order valence-corrected chi connectivity index (χ4v) is 3.21. The van der Waals surface area contributed by atoms with Crippen LogP contribution in [-0.4, -0.2) is 29.9 Å². The number of para-hydroxylation sites is 1. The Balaban J connectivity index is 1.73. The van der Waals surface area contributed by atoms with E-state index in [1.54, 1.807) is 72.8 Å². The second-order valence-electron chi connectivity index (χ2n) is 6.81. The summed E-state index contributed by atoms with van der Waals surface area (Å²) >= 11 is 0. The summed E-state index contributed by atoms with van der Waals surface area (Å²) in [5.74, 6) is -1.02. The number of esters is 1. The number of carbonyl (C=O) groups is 3. The number of fused-ring (bicyclic) bond motifs is 1. The van der Waals surface area contributed by atoms with Crippen molar-refractivity contribution in [1.29, 1.82) is 0 Å². The van der Waals surface area contributed by atoms with Gasteiger partial charge in [0.25, 0.3) is 5.91 Å². The van der Waals surface area contributed by atoms with E-state index in [9.17, 15) is 14.4 Å². The molecule has 2 N–H and O–H groups in total. The number of amides is 3. The predicted molar refractivity (Wildman–Crippen MR) is 117 cm³/mol. The molecule has 2 heterocycles. The van der Waals surface area contributed by atoms with Crippen LogP contribution in [0.25, 0.3) is 22.4 Å². The minimum atomic E-state index is -1.33. The van der Waals surface area contributed by atoms with Gasteiger partial charge in [0.1, 0.15) is 5.69 Å². The molecule has 4 rings (SSSR count). The van der Waals surface area contributed by atoms with Gasteiger partial charge in [-0.25, -0.2) is 14.6 Å². The summed E-state index contributed by atoms with van der Waals surface area (Å²) in [7, 11) is 1.38. The molecule has 1 unspecified atom stereocenters. The predicted octanol–water partition coefficient (Wildman–Crippen LogP) is 3.85. The van der Waals surface area contributed by atoms with E-state index in [2.05, 4.69) is 15.6 Å². The first-order valence-electron chi connectivity index (χ1n) is 9.79. The quantitative estimate of drug-likeness (QED) is 0.466. The van der Waals surface area contributed by atoms with Crippen LogP contribution >= 0.6 is 0 Å². The molecule has 0 saturated carbocycles. The van der Waals surface area contributed by atoms with Crippen molar-refractivity contribution in [3.05, 3.63) is 90.2 Å². The van der Waals surface area contributed by atoms with Gasteiger partial charge in [0.15, 0.2) is 5.76 Å². The van der Waals surface area contributed by atoms with E-state index in [1.165, 1.54) is 13.3 Å². The molecule has 1 atom stereocenters. The lowest BCUT2D eigenvalue weighted by Gasteiger charge is -2.18. The number of urea groups is 1. The molecule has 0 saturated heterocycles. The minimum Gasteiger partial charge on any atom is -0.463 e. The second-order valence-corrected chi connectivity index (χ2v) is 6.81. The molecule has 32 heavy (non-hydrogen) atoms. The van der Waals surface area contributed by atoms with Gasteiger partial charge in [-0.15, -0.1) is 0 Å². The van der Waals surface area contributed by atoms with Crippen LogP contribution in [0.3, 0.4) is 0 Å². The largest absolute Gasteiger partial charge is 0.463 e. The standard InChI is InChI=1S/C24H19N3O5/c1-25-24(30)27-22(28)21(15-8-3-2-4-9-15)32-23(29)17-14-19(20-12-7-13-31-20)26-18-11-6-5-10-16(17)18/h2-14,21H,1H3,(H2,25,27,28,30). The lowest BCUT2D eigenvalue weighted by Crippen LogP contribution is -2.41. The number of carbonyl (C=O) groups excluding carboxylic acids is 3. The van der Waals surface area contributed by atoms with E-state index in [0.29, 0.717) is 27.9 Å². The number of pyridine rings is 1. The molecule has 0 spiro atoms. The molecule has 0 aliphatic rings. The van der Waals surface area contributed by atoms with Crippen molar-refractivity contribution < 1.29 is 23.5 Å². The molecule has 2 aromatic heterocycles.